The van der Waals surface area contributed by atoms with E-state index in [4.69, 9.17) is 0 Å². The van der Waals surface area contributed by atoms with E-state index in [0.717, 1.165) is 0 Å². The minimum Gasteiger partial charge on any atom is -0.315 e. The van der Waals surface area contributed by atoms with Crippen LogP contribution in [0.1, 0.15) is 38.7 Å². The lowest BCUT2D eigenvalue weighted by Gasteiger charge is -2.42. The first kappa shape index (κ1) is 14.0. The highest BCUT2D eigenvalue weighted by molar-refractivity contribution is 7.07. The van der Waals surface area contributed by atoms with E-state index >= 15 is 0 Å². The number of aryl methyl sites for hydroxylation is 1. The summed E-state index contributed by atoms with van der Waals surface area (Å²) in [5.41, 5.74) is 1.75. The molecule has 0 saturated carbocycles. The van der Waals surface area contributed by atoms with Crippen LogP contribution in [0.15, 0.2) is 16.8 Å². The van der Waals surface area contributed by atoms with Gasteiger partial charge in [-0.2, -0.15) is 11.3 Å². The van der Waals surface area contributed by atoms with E-state index in [9.17, 15) is 0 Å². The Morgan fingerprint density at radius 2 is 2.11 bits per heavy atom. The summed E-state index contributed by atoms with van der Waals surface area (Å²) >= 11 is 1.80. The molecule has 1 aromatic heterocycles. The zero-order valence-corrected chi connectivity index (χ0v) is 12.7. The van der Waals surface area contributed by atoms with Crippen molar-refractivity contribution in [3.8, 4) is 0 Å². The van der Waals surface area contributed by atoms with Gasteiger partial charge in [0, 0.05) is 11.6 Å². The molecule has 0 amide bonds. The molecule has 2 rings (SSSR count). The van der Waals surface area contributed by atoms with Crippen LogP contribution in [0.5, 0.6) is 0 Å². The van der Waals surface area contributed by atoms with E-state index in [2.05, 4.69) is 47.9 Å². The fourth-order valence-electron chi connectivity index (χ4n) is 3.11. The summed E-state index contributed by atoms with van der Waals surface area (Å²) < 4.78 is 0. The molecular weight excluding hydrogens is 240 g/mol. The third kappa shape index (κ3) is 3.14. The monoisotopic (exact) mass is 266 g/mol. The Morgan fingerprint density at radius 3 is 2.67 bits per heavy atom. The number of likely N-dealkylation sites (N-methyl/N-ethyl adjacent to an activating group) is 1. The number of rotatable bonds is 6. The van der Waals surface area contributed by atoms with Gasteiger partial charge in [0.1, 0.15) is 0 Å². The molecule has 1 aliphatic heterocycles. The number of nitrogens with zero attached hydrogens (tertiary/aromatic N) is 1. The van der Waals surface area contributed by atoms with Crippen LogP contribution in [0.3, 0.4) is 0 Å². The molecule has 0 radical (unpaired) electrons. The van der Waals surface area contributed by atoms with Gasteiger partial charge in [-0.25, -0.2) is 0 Å². The van der Waals surface area contributed by atoms with Crippen molar-refractivity contribution >= 4 is 11.3 Å². The Morgan fingerprint density at radius 1 is 1.39 bits per heavy atom. The van der Waals surface area contributed by atoms with Gasteiger partial charge in [0.2, 0.25) is 0 Å². The summed E-state index contributed by atoms with van der Waals surface area (Å²) in [6.45, 7) is 7.33. The van der Waals surface area contributed by atoms with Crippen LogP contribution >= 0.6 is 11.3 Å². The maximum absolute atomic E-state index is 3.54. The molecule has 1 aromatic rings. The van der Waals surface area contributed by atoms with Gasteiger partial charge in [0.25, 0.3) is 0 Å². The quantitative estimate of drug-likeness (QED) is 0.851. The molecule has 2 nitrogen and oxygen atoms in total. The molecule has 0 spiro atoms. The number of thiophene rings is 1. The third-order valence-electron chi connectivity index (χ3n) is 4.42. The van der Waals surface area contributed by atoms with Crippen molar-refractivity contribution in [1.29, 1.82) is 0 Å². The van der Waals surface area contributed by atoms with Crippen molar-refractivity contribution in [2.45, 2.75) is 51.1 Å². The normalized spacial score (nSPS) is 19.3. The first-order chi connectivity index (χ1) is 8.64. The van der Waals surface area contributed by atoms with Gasteiger partial charge in [-0.15, -0.1) is 0 Å². The van der Waals surface area contributed by atoms with Gasteiger partial charge in [0.05, 0.1) is 0 Å². The fourth-order valence-corrected chi connectivity index (χ4v) is 3.81. The maximum Gasteiger partial charge on any atom is 0.0306 e. The van der Waals surface area contributed by atoms with Gasteiger partial charge < -0.3 is 5.32 Å². The second-order valence-electron chi connectivity index (χ2n) is 5.86. The van der Waals surface area contributed by atoms with Crippen molar-refractivity contribution in [1.82, 2.24) is 10.2 Å². The molecule has 2 heterocycles. The molecule has 0 bridgehead atoms. The Bertz CT molecular complexity index is 339. The van der Waals surface area contributed by atoms with E-state index in [-0.39, 0.29) is 5.54 Å². The Hall–Kier alpha value is -0.380. The summed E-state index contributed by atoms with van der Waals surface area (Å²) in [5, 5.41) is 7.99. The summed E-state index contributed by atoms with van der Waals surface area (Å²) in [5.74, 6) is 0. The lowest BCUT2D eigenvalue weighted by atomic mass is 9.88. The van der Waals surface area contributed by atoms with Crippen LogP contribution in [0.2, 0.25) is 0 Å². The fraction of sp³-hybridized carbons (Fsp3) is 0.733. The lowest BCUT2D eigenvalue weighted by Crippen LogP contribution is -2.56. The number of likely N-dealkylation sites (tertiary alicyclic amines) is 1. The van der Waals surface area contributed by atoms with Crippen LogP contribution in [0, 0.1) is 0 Å². The number of nitrogens with one attached hydrogen (secondary N) is 1. The van der Waals surface area contributed by atoms with Gasteiger partial charge in [0.15, 0.2) is 0 Å². The summed E-state index contributed by atoms with van der Waals surface area (Å²) in [4.78, 5) is 2.65. The predicted molar refractivity (Wildman–Crippen MR) is 80.4 cm³/mol. The molecule has 1 aliphatic rings. The van der Waals surface area contributed by atoms with Crippen LogP contribution in [0.25, 0.3) is 0 Å². The molecule has 102 valence electrons. The zero-order chi connectivity index (χ0) is 13.0. The molecule has 3 heteroatoms. The van der Waals surface area contributed by atoms with Crippen LogP contribution in [0.4, 0.5) is 0 Å². The highest BCUT2D eigenvalue weighted by Crippen LogP contribution is 2.26. The minimum absolute atomic E-state index is 0.265. The van der Waals surface area contributed by atoms with E-state index in [0.29, 0.717) is 6.04 Å². The average Bonchev–Trinajstić information content (AvgIpc) is 3.03. The van der Waals surface area contributed by atoms with E-state index < -0.39 is 0 Å². The second-order valence-corrected chi connectivity index (χ2v) is 6.64. The summed E-state index contributed by atoms with van der Waals surface area (Å²) in [7, 11) is 2.11. The van der Waals surface area contributed by atoms with Crippen LogP contribution < -0.4 is 5.32 Å². The first-order valence-corrected chi connectivity index (χ1v) is 8.02. The first-order valence-electron chi connectivity index (χ1n) is 7.08. The molecule has 1 saturated heterocycles. The van der Waals surface area contributed by atoms with Gasteiger partial charge in [-0.1, -0.05) is 0 Å². The van der Waals surface area contributed by atoms with Crippen LogP contribution in [-0.4, -0.2) is 36.6 Å². The third-order valence-corrected chi connectivity index (χ3v) is 5.16. The van der Waals surface area contributed by atoms with Gasteiger partial charge in [-0.05, 0) is 82.1 Å². The molecule has 0 aliphatic carbocycles. The van der Waals surface area contributed by atoms with E-state index in [1.807, 2.05) is 0 Å². The van der Waals surface area contributed by atoms with Crippen molar-refractivity contribution < 1.29 is 0 Å². The second kappa shape index (κ2) is 6.18. The SMILES string of the molecule is CNC(CCc1ccsc1)C(C)(C)N1CCCC1. The molecule has 18 heavy (non-hydrogen) atoms. The molecule has 1 unspecified atom stereocenters. The largest absolute Gasteiger partial charge is 0.315 e. The lowest BCUT2D eigenvalue weighted by molar-refractivity contribution is 0.106. The summed E-state index contributed by atoms with van der Waals surface area (Å²) in [6.07, 6.45) is 5.14. The van der Waals surface area contributed by atoms with Crippen molar-refractivity contribution in [2.24, 2.45) is 0 Å². The minimum atomic E-state index is 0.265. The standard InChI is InChI=1S/C15H26N2S/c1-15(2,17-9-4-5-10-17)14(16-3)7-6-13-8-11-18-12-13/h8,11-12,14,16H,4-7,9-10H2,1-3H3. The predicted octanol–water partition coefficient (Wildman–Crippen LogP) is 3.14. The zero-order valence-electron chi connectivity index (χ0n) is 11.9. The Balaban J connectivity index is 1.94. The Kier molecular flexibility index (Phi) is 4.82. The van der Waals surface area contributed by atoms with Crippen molar-refractivity contribution in [3.05, 3.63) is 22.4 Å². The van der Waals surface area contributed by atoms with Crippen molar-refractivity contribution in [2.75, 3.05) is 20.1 Å². The van der Waals surface area contributed by atoms with Crippen molar-refractivity contribution in [3.63, 3.8) is 0 Å². The van der Waals surface area contributed by atoms with E-state index in [1.54, 1.807) is 11.3 Å². The Labute approximate surface area is 115 Å². The van der Waals surface area contributed by atoms with Gasteiger partial charge >= 0.3 is 0 Å². The molecule has 1 fully saturated rings. The highest BCUT2D eigenvalue weighted by Gasteiger charge is 2.35. The highest BCUT2D eigenvalue weighted by atomic mass is 32.1. The van der Waals surface area contributed by atoms with Gasteiger partial charge in [-0.3, -0.25) is 4.90 Å². The van der Waals surface area contributed by atoms with E-state index in [1.165, 1.54) is 44.3 Å². The maximum atomic E-state index is 3.54. The smallest absolute Gasteiger partial charge is 0.0306 e. The molecule has 0 aromatic carbocycles. The number of hydrogen-bond donors (Lipinski definition) is 1. The van der Waals surface area contributed by atoms with Crippen LogP contribution in [-0.2, 0) is 6.42 Å². The molecular formula is C15H26N2S. The summed E-state index contributed by atoms with van der Waals surface area (Å²) in [6, 6.07) is 2.82. The topological polar surface area (TPSA) is 15.3 Å². The average molecular weight is 266 g/mol. The molecule has 1 atom stereocenters. The molecule has 1 N–H and O–H groups in total. The number of hydrogen-bond acceptors (Lipinski definition) is 3.